The number of carbonyl (C=O) groups excluding carboxylic acids is 1. The van der Waals surface area contributed by atoms with E-state index in [1.807, 2.05) is 0 Å². The van der Waals surface area contributed by atoms with Crippen molar-refractivity contribution in [2.45, 2.75) is 52.3 Å². The molecule has 27 heavy (non-hydrogen) atoms. The first-order valence-electron chi connectivity index (χ1n) is 10.5. The number of morpholine rings is 1. The summed E-state index contributed by atoms with van der Waals surface area (Å²) in [6.07, 6.45) is 3.33. The van der Waals surface area contributed by atoms with Crippen LogP contribution in [0, 0.1) is 11.8 Å². The Balaban J connectivity index is 1.44. The molecule has 2 unspecified atom stereocenters. The minimum absolute atomic E-state index is 0.174. The first-order chi connectivity index (χ1) is 13.1. The summed E-state index contributed by atoms with van der Waals surface area (Å²) in [6, 6.07) is 8.58. The predicted molar refractivity (Wildman–Crippen MR) is 108 cm³/mol. The molecule has 2 saturated heterocycles. The quantitative estimate of drug-likeness (QED) is 0.771. The van der Waals surface area contributed by atoms with E-state index in [1.54, 1.807) is 0 Å². The molecule has 2 fully saturated rings. The average molecular weight is 374 g/mol. The molecular formula is C22H35N3O2. The van der Waals surface area contributed by atoms with Crippen LogP contribution in [0.5, 0.6) is 0 Å². The van der Waals surface area contributed by atoms with Crippen LogP contribution < -0.4 is 10.6 Å². The number of benzene rings is 1. The Labute approximate surface area is 163 Å². The number of ether oxygens (including phenoxy) is 1. The second-order valence-electron chi connectivity index (χ2n) is 8.28. The average Bonchev–Trinajstić information content (AvgIpc) is 2.67. The summed E-state index contributed by atoms with van der Waals surface area (Å²) in [6.45, 7) is 10.9. The number of hydrogen-bond acceptors (Lipinski definition) is 4. The highest BCUT2D eigenvalue weighted by molar-refractivity contribution is 5.76. The third kappa shape index (κ3) is 6.59. The first kappa shape index (κ1) is 20.3. The molecule has 2 atom stereocenters. The number of piperidine rings is 1. The van der Waals surface area contributed by atoms with E-state index in [0.29, 0.717) is 30.9 Å². The normalized spacial score (nSPS) is 23.1. The SMILES string of the molecule is CC1CN(Cc2cccc(CNC(=O)CC(C)C3CCNCC3)c2)CCO1. The van der Waals surface area contributed by atoms with E-state index < -0.39 is 0 Å². The first-order valence-corrected chi connectivity index (χ1v) is 10.5. The second-order valence-corrected chi connectivity index (χ2v) is 8.28. The largest absolute Gasteiger partial charge is 0.376 e. The second kappa shape index (κ2) is 10.2. The summed E-state index contributed by atoms with van der Waals surface area (Å²) in [4.78, 5) is 14.8. The van der Waals surface area contributed by atoms with Crippen molar-refractivity contribution in [3.05, 3.63) is 35.4 Å². The zero-order chi connectivity index (χ0) is 19.1. The van der Waals surface area contributed by atoms with Crippen molar-refractivity contribution < 1.29 is 9.53 Å². The van der Waals surface area contributed by atoms with Crippen molar-refractivity contribution in [3.8, 4) is 0 Å². The molecule has 2 aliphatic rings. The fraction of sp³-hybridized carbons (Fsp3) is 0.682. The number of nitrogens with one attached hydrogen (secondary N) is 2. The van der Waals surface area contributed by atoms with Gasteiger partial charge < -0.3 is 15.4 Å². The Bertz CT molecular complexity index is 601. The van der Waals surface area contributed by atoms with Crippen LogP contribution in [0.25, 0.3) is 0 Å². The molecule has 0 radical (unpaired) electrons. The molecule has 0 spiro atoms. The molecule has 0 aromatic heterocycles. The van der Waals surface area contributed by atoms with E-state index in [-0.39, 0.29) is 5.91 Å². The maximum Gasteiger partial charge on any atom is 0.220 e. The van der Waals surface area contributed by atoms with Gasteiger partial charge >= 0.3 is 0 Å². The van der Waals surface area contributed by atoms with Gasteiger partial charge in [0.2, 0.25) is 5.91 Å². The molecule has 5 heteroatoms. The predicted octanol–water partition coefficient (Wildman–Crippen LogP) is 2.55. The van der Waals surface area contributed by atoms with E-state index in [1.165, 1.54) is 24.0 Å². The molecule has 2 aliphatic heterocycles. The van der Waals surface area contributed by atoms with Crippen molar-refractivity contribution in [3.63, 3.8) is 0 Å². The Morgan fingerprint density at radius 1 is 1.33 bits per heavy atom. The molecule has 2 N–H and O–H groups in total. The van der Waals surface area contributed by atoms with Gasteiger partial charge in [0.1, 0.15) is 0 Å². The molecular weight excluding hydrogens is 338 g/mol. The molecule has 2 heterocycles. The van der Waals surface area contributed by atoms with Crippen LogP contribution >= 0.6 is 0 Å². The fourth-order valence-corrected chi connectivity index (χ4v) is 4.28. The fourth-order valence-electron chi connectivity index (χ4n) is 4.28. The Kier molecular flexibility index (Phi) is 7.68. The molecule has 0 bridgehead atoms. The zero-order valence-electron chi connectivity index (χ0n) is 16.9. The van der Waals surface area contributed by atoms with E-state index in [2.05, 4.69) is 53.6 Å². The minimum Gasteiger partial charge on any atom is -0.376 e. The lowest BCUT2D eigenvalue weighted by Gasteiger charge is -2.31. The van der Waals surface area contributed by atoms with E-state index in [4.69, 9.17) is 4.74 Å². The topological polar surface area (TPSA) is 53.6 Å². The Hall–Kier alpha value is -1.43. The van der Waals surface area contributed by atoms with Crippen LogP contribution in [0.15, 0.2) is 24.3 Å². The summed E-state index contributed by atoms with van der Waals surface area (Å²) in [5.41, 5.74) is 2.48. The van der Waals surface area contributed by atoms with Crippen LogP contribution in [-0.4, -0.2) is 49.7 Å². The highest BCUT2D eigenvalue weighted by Gasteiger charge is 2.22. The van der Waals surface area contributed by atoms with Crippen molar-refractivity contribution in [2.24, 2.45) is 11.8 Å². The van der Waals surface area contributed by atoms with Crippen LogP contribution in [0.4, 0.5) is 0 Å². The number of rotatable bonds is 7. The summed E-state index contributed by atoms with van der Waals surface area (Å²) in [7, 11) is 0. The van der Waals surface area contributed by atoms with E-state index >= 15 is 0 Å². The van der Waals surface area contributed by atoms with Crippen molar-refractivity contribution >= 4 is 5.91 Å². The van der Waals surface area contributed by atoms with Gasteiger partial charge in [0, 0.05) is 32.6 Å². The molecule has 3 rings (SSSR count). The van der Waals surface area contributed by atoms with Gasteiger partial charge in [-0.05, 0) is 55.8 Å². The summed E-state index contributed by atoms with van der Waals surface area (Å²) >= 11 is 0. The minimum atomic E-state index is 0.174. The van der Waals surface area contributed by atoms with Gasteiger partial charge in [-0.25, -0.2) is 0 Å². The van der Waals surface area contributed by atoms with Gasteiger partial charge in [-0.15, -0.1) is 0 Å². The lowest BCUT2D eigenvalue weighted by Crippen LogP contribution is -2.40. The van der Waals surface area contributed by atoms with Crippen LogP contribution in [0.1, 0.15) is 44.2 Å². The number of nitrogens with zero attached hydrogens (tertiary/aromatic N) is 1. The Morgan fingerprint density at radius 3 is 2.89 bits per heavy atom. The maximum atomic E-state index is 12.4. The monoisotopic (exact) mass is 373 g/mol. The van der Waals surface area contributed by atoms with Gasteiger partial charge in [-0.1, -0.05) is 31.2 Å². The molecule has 1 amide bonds. The van der Waals surface area contributed by atoms with Crippen LogP contribution in [0.3, 0.4) is 0 Å². The van der Waals surface area contributed by atoms with Gasteiger partial charge in [0.25, 0.3) is 0 Å². The summed E-state index contributed by atoms with van der Waals surface area (Å²) in [5.74, 6) is 1.31. The van der Waals surface area contributed by atoms with E-state index in [0.717, 1.165) is 39.3 Å². The molecule has 0 saturated carbocycles. The number of carbonyl (C=O) groups is 1. The standard InChI is InChI=1S/C22H35N3O2/c1-17(21-6-8-23-9-7-21)12-22(26)24-14-19-4-3-5-20(13-19)16-25-10-11-27-18(2)15-25/h3-5,13,17-18,21,23H,6-12,14-16H2,1-2H3,(H,24,26). The lowest BCUT2D eigenvalue weighted by atomic mass is 9.84. The molecule has 1 aromatic carbocycles. The molecule has 5 nitrogen and oxygen atoms in total. The summed E-state index contributed by atoms with van der Waals surface area (Å²) in [5, 5.41) is 6.51. The van der Waals surface area contributed by atoms with E-state index in [9.17, 15) is 4.79 Å². The van der Waals surface area contributed by atoms with Gasteiger partial charge in [-0.3, -0.25) is 9.69 Å². The third-order valence-corrected chi connectivity index (χ3v) is 5.91. The van der Waals surface area contributed by atoms with Crippen LogP contribution in [0.2, 0.25) is 0 Å². The van der Waals surface area contributed by atoms with Crippen LogP contribution in [-0.2, 0) is 22.6 Å². The smallest absolute Gasteiger partial charge is 0.220 e. The van der Waals surface area contributed by atoms with Gasteiger partial charge in [-0.2, -0.15) is 0 Å². The van der Waals surface area contributed by atoms with Gasteiger partial charge in [0.15, 0.2) is 0 Å². The van der Waals surface area contributed by atoms with Gasteiger partial charge in [0.05, 0.1) is 12.7 Å². The number of hydrogen-bond donors (Lipinski definition) is 2. The maximum absolute atomic E-state index is 12.4. The van der Waals surface area contributed by atoms with Crippen molar-refractivity contribution in [1.29, 1.82) is 0 Å². The molecule has 1 aromatic rings. The lowest BCUT2D eigenvalue weighted by molar-refractivity contribution is -0.122. The van der Waals surface area contributed by atoms with Crippen molar-refractivity contribution in [2.75, 3.05) is 32.8 Å². The highest BCUT2D eigenvalue weighted by atomic mass is 16.5. The molecule has 150 valence electrons. The van der Waals surface area contributed by atoms with Crippen molar-refractivity contribution in [1.82, 2.24) is 15.5 Å². The zero-order valence-corrected chi connectivity index (χ0v) is 16.9. The third-order valence-electron chi connectivity index (χ3n) is 5.91. The molecule has 0 aliphatic carbocycles. The Morgan fingerprint density at radius 2 is 2.11 bits per heavy atom. The summed E-state index contributed by atoms with van der Waals surface area (Å²) < 4.78 is 5.62. The highest BCUT2D eigenvalue weighted by Crippen LogP contribution is 2.24. The number of amides is 1.